The lowest BCUT2D eigenvalue weighted by molar-refractivity contribution is 0.0997. The molecular weight excluding hydrogens is 431 g/mol. The molecule has 3 aromatic rings. The highest BCUT2D eigenvalue weighted by molar-refractivity contribution is 5.96. The normalized spacial score (nSPS) is 15.2. The first kappa shape index (κ1) is 21.9. The highest BCUT2D eigenvalue weighted by Gasteiger charge is 2.26. The maximum absolute atomic E-state index is 13.3. The van der Waals surface area contributed by atoms with Crippen LogP contribution < -0.4 is 20.5 Å². The van der Waals surface area contributed by atoms with Gasteiger partial charge in [-0.25, -0.2) is 14.2 Å². The number of anilines is 1. The van der Waals surface area contributed by atoms with Crippen LogP contribution in [0, 0.1) is 5.82 Å². The summed E-state index contributed by atoms with van der Waals surface area (Å²) in [5.74, 6) is 0.143. The summed E-state index contributed by atoms with van der Waals surface area (Å²) >= 11 is 0. The standard InChI is InChI=1S/C23H21FN4O5/c24-14-2-1-3-19(10-14)32-17-4-6-18(7-5-17)33-22-20(21(25)29)11-16(12-26-22)27-15-8-9-28(13-15)23(30)31/h1-7,10-12,15,27H,8-9,13H2,(H2,25,29)(H,30,31). The van der Waals surface area contributed by atoms with Gasteiger partial charge in [-0.05, 0) is 48.9 Å². The first-order valence-corrected chi connectivity index (χ1v) is 10.1. The van der Waals surface area contributed by atoms with Gasteiger partial charge in [-0.15, -0.1) is 0 Å². The van der Waals surface area contributed by atoms with Crippen LogP contribution in [0.15, 0.2) is 60.8 Å². The number of carbonyl (C=O) groups excluding carboxylic acids is 1. The molecule has 1 unspecified atom stereocenters. The number of carbonyl (C=O) groups is 2. The Morgan fingerprint density at radius 3 is 2.45 bits per heavy atom. The molecule has 2 aromatic carbocycles. The molecule has 1 saturated heterocycles. The van der Waals surface area contributed by atoms with Gasteiger partial charge < -0.3 is 30.5 Å². The van der Waals surface area contributed by atoms with E-state index in [1.54, 1.807) is 36.4 Å². The third kappa shape index (κ3) is 5.48. The molecule has 170 valence electrons. The molecule has 2 amide bonds. The van der Waals surface area contributed by atoms with E-state index in [-0.39, 0.29) is 17.5 Å². The van der Waals surface area contributed by atoms with Crippen LogP contribution in [0.3, 0.4) is 0 Å². The number of ether oxygens (including phenoxy) is 2. The molecule has 0 aliphatic carbocycles. The molecule has 33 heavy (non-hydrogen) atoms. The Labute approximate surface area is 188 Å². The number of nitrogens with two attached hydrogens (primary N) is 1. The number of pyridine rings is 1. The predicted molar refractivity (Wildman–Crippen MR) is 117 cm³/mol. The summed E-state index contributed by atoms with van der Waals surface area (Å²) in [5.41, 5.74) is 6.12. The van der Waals surface area contributed by atoms with Gasteiger partial charge >= 0.3 is 6.09 Å². The van der Waals surface area contributed by atoms with E-state index in [0.717, 1.165) is 0 Å². The Bertz CT molecular complexity index is 1170. The number of benzene rings is 2. The van der Waals surface area contributed by atoms with Crippen molar-refractivity contribution >= 4 is 17.7 Å². The molecule has 0 radical (unpaired) electrons. The maximum atomic E-state index is 13.3. The van der Waals surface area contributed by atoms with Gasteiger partial charge in [0.2, 0.25) is 5.88 Å². The van der Waals surface area contributed by atoms with Crippen molar-refractivity contribution in [3.63, 3.8) is 0 Å². The predicted octanol–water partition coefficient (Wildman–Crippen LogP) is 4.07. The summed E-state index contributed by atoms with van der Waals surface area (Å²) in [6, 6.07) is 13.7. The van der Waals surface area contributed by atoms with Gasteiger partial charge in [-0.1, -0.05) is 6.07 Å². The maximum Gasteiger partial charge on any atom is 0.407 e. The molecule has 4 N–H and O–H groups in total. The van der Waals surface area contributed by atoms with E-state index >= 15 is 0 Å². The largest absolute Gasteiger partial charge is 0.465 e. The van der Waals surface area contributed by atoms with Crippen LogP contribution in [0.4, 0.5) is 14.9 Å². The second-order valence-corrected chi connectivity index (χ2v) is 7.43. The monoisotopic (exact) mass is 452 g/mol. The Hall–Kier alpha value is -4.34. The Balaban J connectivity index is 1.44. The lowest BCUT2D eigenvalue weighted by Crippen LogP contribution is -2.30. The minimum absolute atomic E-state index is 0.0328. The Kier molecular flexibility index (Phi) is 6.25. The summed E-state index contributed by atoms with van der Waals surface area (Å²) in [6.45, 7) is 0.771. The van der Waals surface area contributed by atoms with Gasteiger partial charge in [-0.3, -0.25) is 4.79 Å². The van der Waals surface area contributed by atoms with Crippen molar-refractivity contribution in [2.45, 2.75) is 12.5 Å². The van der Waals surface area contributed by atoms with Crippen LogP contribution in [-0.2, 0) is 0 Å². The number of likely N-dealkylation sites (tertiary alicyclic amines) is 1. The van der Waals surface area contributed by atoms with Crippen LogP contribution in [0.1, 0.15) is 16.8 Å². The van der Waals surface area contributed by atoms with E-state index in [0.29, 0.717) is 42.4 Å². The van der Waals surface area contributed by atoms with Gasteiger partial charge in [0, 0.05) is 25.2 Å². The molecule has 0 saturated carbocycles. The second kappa shape index (κ2) is 9.43. The van der Waals surface area contributed by atoms with E-state index in [2.05, 4.69) is 10.3 Å². The molecule has 1 aromatic heterocycles. The summed E-state index contributed by atoms with van der Waals surface area (Å²) < 4.78 is 24.6. The number of halogens is 1. The fourth-order valence-corrected chi connectivity index (χ4v) is 3.43. The minimum atomic E-state index is -0.966. The molecule has 1 aliphatic heterocycles. The average Bonchev–Trinajstić information content (AvgIpc) is 3.25. The van der Waals surface area contributed by atoms with Gasteiger partial charge in [0.1, 0.15) is 28.6 Å². The number of hydrogen-bond donors (Lipinski definition) is 3. The Morgan fingerprint density at radius 1 is 1.09 bits per heavy atom. The number of carboxylic acid groups (broad SMARTS) is 1. The van der Waals surface area contributed by atoms with E-state index in [1.165, 1.54) is 29.3 Å². The van der Waals surface area contributed by atoms with Gasteiger partial charge in [0.05, 0.1) is 11.9 Å². The summed E-state index contributed by atoms with van der Waals surface area (Å²) in [6.07, 6.45) is 1.17. The number of hydrogen-bond acceptors (Lipinski definition) is 6. The molecule has 1 atom stereocenters. The quantitative estimate of drug-likeness (QED) is 0.493. The average molecular weight is 452 g/mol. The van der Waals surface area contributed by atoms with Crippen molar-refractivity contribution in [3.05, 3.63) is 72.2 Å². The highest BCUT2D eigenvalue weighted by atomic mass is 19.1. The number of nitrogens with one attached hydrogen (secondary N) is 1. The molecule has 1 aliphatic rings. The molecule has 2 heterocycles. The fourth-order valence-electron chi connectivity index (χ4n) is 3.43. The lowest BCUT2D eigenvalue weighted by atomic mass is 10.2. The van der Waals surface area contributed by atoms with Gasteiger partial charge in [0.25, 0.3) is 5.91 Å². The topological polar surface area (TPSA) is 127 Å². The van der Waals surface area contributed by atoms with E-state index in [4.69, 9.17) is 20.3 Å². The van der Waals surface area contributed by atoms with E-state index in [1.807, 2.05) is 0 Å². The van der Waals surface area contributed by atoms with Crippen molar-refractivity contribution < 1.29 is 28.6 Å². The number of rotatable bonds is 7. The Morgan fingerprint density at radius 2 is 1.82 bits per heavy atom. The molecular formula is C23H21FN4O5. The second-order valence-electron chi connectivity index (χ2n) is 7.43. The SMILES string of the molecule is NC(=O)c1cc(NC2CCN(C(=O)O)C2)cnc1Oc1ccc(Oc2cccc(F)c2)cc1. The van der Waals surface area contributed by atoms with Crippen LogP contribution in [0.2, 0.25) is 0 Å². The molecule has 0 bridgehead atoms. The number of nitrogens with zero attached hydrogens (tertiary/aromatic N) is 2. The van der Waals surface area contributed by atoms with Crippen molar-refractivity contribution in [3.8, 4) is 23.1 Å². The molecule has 10 heteroatoms. The lowest BCUT2D eigenvalue weighted by Gasteiger charge is -2.16. The highest BCUT2D eigenvalue weighted by Crippen LogP contribution is 2.29. The summed E-state index contributed by atoms with van der Waals surface area (Å²) in [5, 5.41) is 12.3. The van der Waals surface area contributed by atoms with Crippen LogP contribution >= 0.6 is 0 Å². The van der Waals surface area contributed by atoms with Crippen LogP contribution in [0.5, 0.6) is 23.1 Å². The van der Waals surface area contributed by atoms with Gasteiger partial charge in [0.15, 0.2) is 0 Å². The third-order valence-corrected chi connectivity index (χ3v) is 5.02. The fraction of sp³-hybridized carbons (Fsp3) is 0.174. The van der Waals surface area contributed by atoms with E-state index < -0.39 is 17.8 Å². The first-order valence-electron chi connectivity index (χ1n) is 10.1. The summed E-state index contributed by atoms with van der Waals surface area (Å²) in [4.78, 5) is 28.6. The zero-order chi connectivity index (χ0) is 23.4. The zero-order valence-corrected chi connectivity index (χ0v) is 17.4. The van der Waals surface area contributed by atoms with E-state index in [9.17, 15) is 14.0 Å². The number of amides is 2. The van der Waals surface area contributed by atoms with Crippen molar-refractivity contribution in [1.82, 2.24) is 9.88 Å². The number of primary amides is 1. The molecule has 9 nitrogen and oxygen atoms in total. The van der Waals surface area contributed by atoms with Crippen molar-refractivity contribution in [2.75, 3.05) is 18.4 Å². The first-order chi connectivity index (χ1) is 15.9. The van der Waals surface area contributed by atoms with Crippen LogP contribution in [-0.4, -0.2) is 46.1 Å². The minimum Gasteiger partial charge on any atom is -0.465 e. The van der Waals surface area contributed by atoms with Crippen LogP contribution in [0.25, 0.3) is 0 Å². The third-order valence-electron chi connectivity index (χ3n) is 5.02. The smallest absolute Gasteiger partial charge is 0.407 e. The van der Waals surface area contributed by atoms with Crippen molar-refractivity contribution in [1.29, 1.82) is 0 Å². The molecule has 0 spiro atoms. The summed E-state index contributed by atoms with van der Waals surface area (Å²) in [7, 11) is 0. The molecule has 1 fully saturated rings. The molecule has 4 rings (SSSR count). The zero-order valence-electron chi connectivity index (χ0n) is 17.4. The number of aromatic nitrogens is 1. The van der Waals surface area contributed by atoms with Crippen molar-refractivity contribution in [2.24, 2.45) is 5.73 Å². The van der Waals surface area contributed by atoms with Gasteiger partial charge in [-0.2, -0.15) is 0 Å².